The lowest BCUT2D eigenvalue weighted by Gasteiger charge is -2.38. The molecule has 2 N–H and O–H groups in total. The van der Waals surface area contributed by atoms with Crippen molar-refractivity contribution >= 4 is 0 Å². The first-order valence-electron chi connectivity index (χ1n) is 6.06. The van der Waals surface area contributed by atoms with E-state index in [0.29, 0.717) is 0 Å². The van der Waals surface area contributed by atoms with Gasteiger partial charge in [-0.1, -0.05) is 45.4 Å². The first kappa shape index (κ1) is 11.0. The first-order valence-corrected chi connectivity index (χ1v) is 6.06. The van der Waals surface area contributed by atoms with E-state index < -0.39 is 0 Å². The molecule has 0 aromatic rings. The van der Waals surface area contributed by atoms with E-state index in [1.807, 2.05) is 0 Å². The summed E-state index contributed by atoms with van der Waals surface area (Å²) in [6.07, 6.45) is 13.6. The largest absolute Gasteiger partial charge is 0.325 e. The Bertz CT molecular complexity index is 127. The molecule has 1 rings (SSSR count). The Balaban J connectivity index is 1.83. The molecule has 0 aromatic carbocycles. The van der Waals surface area contributed by atoms with Gasteiger partial charge in [0.05, 0.1) is 0 Å². The van der Waals surface area contributed by atoms with E-state index in [-0.39, 0.29) is 5.54 Å². The van der Waals surface area contributed by atoms with Crippen LogP contribution in [0.25, 0.3) is 0 Å². The Morgan fingerprint density at radius 2 is 1.62 bits per heavy atom. The van der Waals surface area contributed by atoms with E-state index in [1.54, 1.807) is 0 Å². The quantitative estimate of drug-likeness (QED) is 0.599. The third-order valence-corrected chi connectivity index (χ3v) is 3.38. The molecule has 0 saturated heterocycles. The molecular formula is C12H25N. The number of hydrogen-bond donors (Lipinski definition) is 1. The van der Waals surface area contributed by atoms with E-state index in [2.05, 4.69) is 6.92 Å². The lowest BCUT2D eigenvalue weighted by molar-refractivity contribution is 0.224. The van der Waals surface area contributed by atoms with Crippen molar-refractivity contribution in [1.29, 1.82) is 0 Å². The molecule has 0 aliphatic heterocycles. The minimum atomic E-state index is 0.269. The van der Waals surface area contributed by atoms with Crippen molar-refractivity contribution in [2.75, 3.05) is 0 Å². The summed E-state index contributed by atoms with van der Waals surface area (Å²) in [6.45, 7) is 2.27. The molecule has 1 aliphatic carbocycles. The third-order valence-electron chi connectivity index (χ3n) is 3.38. The SMILES string of the molecule is CCCCCCCCC1(N)CCC1. The van der Waals surface area contributed by atoms with Crippen molar-refractivity contribution in [2.45, 2.75) is 76.7 Å². The van der Waals surface area contributed by atoms with Gasteiger partial charge >= 0.3 is 0 Å². The van der Waals surface area contributed by atoms with Gasteiger partial charge in [-0.2, -0.15) is 0 Å². The van der Waals surface area contributed by atoms with Gasteiger partial charge in [-0.3, -0.25) is 0 Å². The maximum atomic E-state index is 6.14. The van der Waals surface area contributed by atoms with Crippen molar-refractivity contribution in [3.63, 3.8) is 0 Å². The van der Waals surface area contributed by atoms with Gasteiger partial charge in [-0.25, -0.2) is 0 Å². The summed E-state index contributed by atoms with van der Waals surface area (Å²) >= 11 is 0. The van der Waals surface area contributed by atoms with Crippen molar-refractivity contribution in [2.24, 2.45) is 5.73 Å². The van der Waals surface area contributed by atoms with Gasteiger partial charge in [0, 0.05) is 5.54 Å². The Kier molecular flexibility index (Phi) is 4.79. The molecule has 1 heteroatoms. The molecule has 0 heterocycles. The van der Waals surface area contributed by atoms with Crippen LogP contribution < -0.4 is 5.73 Å². The molecule has 0 atom stereocenters. The molecule has 13 heavy (non-hydrogen) atoms. The van der Waals surface area contributed by atoms with Crippen LogP contribution in [0.5, 0.6) is 0 Å². The van der Waals surface area contributed by atoms with Crippen molar-refractivity contribution in [1.82, 2.24) is 0 Å². The van der Waals surface area contributed by atoms with Crippen LogP contribution in [0.2, 0.25) is 0 Å². The minimum absolute atomic E-state index is 0.269. The molecule has 0 bridgehead atoms. The van der Waals surface area contributed by atoms with E-state index in [1.165, 1.54) is 64.2 Å². The van der Waals surface area contributed by atoms with Crippen molar-refractivity contribution < 1.29 is 0 Å². The van der Waals surface area contributed by atoms with Crippen LogP contribution in [0.1, 0.15) is 71.1 Å². The molecule has 0 spiro atoms. The van der Waals surface area contributed by atoms with Gasteiger partial charge in [0.1, 0.15) is 0 Å². The average molecular weight is 183 g/mol. The minimum Gasteiger partial charge on any atom is -0.325 e. The topological polar surface area (TPSA) is 26.0 Å². The summed E-state index contributed by atoms with van der Waals surface area (Å²) in [7, 11) is 0. The Hall–Kier alpha value is -0.0400. The molecule has 0 amide bonds. The summed E-state index contributed by atoms with van der Waals surface area (Å²) < 4.78 is 0. The summed E-state index contributed by atoms with van der Waals surface area (Å²) in [4.78, 5) is 0. The van der Waals surface area contributed by atoms with Crippen molar-refractivity contribution in [3.8, 4) is 0 Å². The van der Waals surface area contributed by atoms with Crippen LogP contribution in [-0.2, 0) is 0 Å². The van der Waals surface area contributed by atoms with Crippen LogP contribution >= 0.6 is 0 Å². The molecule has 0 radical (unpaired) electrons. The van der Waals surface area contributed by atoms with E-state index in [9.17, 15) is 0 Å². The average Bonchev–Trinajstić information content (AvgIpc) is 2.08. The van der Waals surface area contributed by atoms with Crippen molar-refractivity contribution in [3.05, 3.63) is 0 Å². The van der Waals surface area contributed by atoms with Gasteiger partial charge in [-0.05, 0) is 25.7 Å². The number of nitrogens with two attached hydrogens (primary N) is 1. The highest BCUT2D eigenvalue weighted by molar-refractivity contribution is 4.91. The van der Waals surface area contributed by atoms with Gasteiger partial charge in [0.25, 0.3) is 0 Å². The molecule has 78 valence electrons. The maximum Gasteiger partial charge on any atom is 0.0154 e. The van der Waals surface area contributed by atoms with Crippen LogP contribution in [0, 0.1) is 0 Å². The summed E-state index contributed by atoms with van der Waals surface area (Å²) in [5.41, 5.74) is 6.41. The fourth-order valence-corrected chi connectivity index (χ4v) is 2.14. The fraction of sp³-hybridized carbons (Fsp3) is 1.00. The number of unbranched alkanes of at least 4 members (excludes halogenated alkanes) is 5. The molecule has 1 nitrogen and oxygen atoms in total. The lowest BCUT2D eigenvalue weighted by Crippen LogP contribution is -2.46. The monoisotopic (exact) mass is 183 g/mol. The standard InChI is InChI=1S/C12H25N/c1-2-3-4-5-6-7-9-12(13)10-8-11-12/h2-11,13H2,1H3. The predicted molar refractivity (Wildman–Crippen MR) is 58.8 cm³/mol. The fourth-order valence-electron chi connectivity index (χ4n) is 2.14. The summed E-state index contributed by atoms with van der Waals surface area (Å²) in [5, 5.41) is 0. The highest BCUT2D eigenvalue weighted by Gasteiger charge is 2.31. The second-order valence-electron chi connectivity index (χ2n) is 4.73. The molecule has 1 saturated carbocycles. The predicted octanol–water partition coefficient (Wildman–Crippen LogP) is 3.62. The second kappa shape index (κ2) is 5.64. The Morgan fingerprint density at radius 3 is 2.15 bits per heavy atom. The Morgan fingerprint density at radius 1 is 1.00 bits per heavy atom. The smallest absolute Gasteiger partial charge is 0.0154 e. The van der Waals surface area contributed by atoms with E-state index >= 15 is 0 Å². The highest BCUT2D eigenvalue weighted by atomic mass is 14.8. The number of rotatable bonds is 7. The second-order valence-corrected chi connectivity index (χ2v) is 4.73. The summed E-state index contributed by atoms with van der Waals surface area (Å²) in [5.74, 6) is 0. The molecule has 0 aromatic heterocycles. The summed E-state index contributed by atoms with van der Waals surface area (Å²) in [6, 6.07) is 0. The van der Waals surface area contributed by atoms with Crippen LogP contribution in [0.4, 0.5) is 0 Å². The number of hydrogen-bond acceptors (Lipinski definition) is 1. The highest BCUT2D eigenvalue weighted by Crippen LogP contribution is 2.33. The third kappa shape index (κ3) is 4.12. The molecular weight excluding hydrogens is 158 g/mol. The molecule has 0 unspecified atom stereocenters. The van der Waals surface area contributed by atoms with Gasteiger partial charge < -0.3 is 5.73 Å². The van der Waals surface area contributed by atoms with Crippen LogP contribution in [-0.4, -0.2) is 5.54 Å². The normalized spacial score (nSPS) is 19.8. The maximum absolute atomic E-state index is 6.14. The zero-order valence-electron chi connectivity index (χ0n) is 9.15. The van der Waals surface area contributed by atoms with Gasteiger partial charge in [-0.15, -0.1) is 0 Å². The zero-order valence-corrected chi connectivity index (χ0v) is 9.15. The Labute approximate surface area is 83.1 Å². The first-order chi connectivity index (χ1) is 6.27. The van der Waals surface area contributed by atoms with Crippen LogP contribution in [0.15, 0.2) is 0 Å². The van der Waals surface area contributed by atoms with E-state index in [4.69, 9.17) is 5.73 Å². The van der Waals surface area contributed by atoms with Crippen LogP contribution in [0.3, 0.4) is 0 Å². The zero-order chi connectivity index (χ0) is 9.57. The molecule has 1 fully saturated rings. The van der Waals surface area contributed by atoms with Gasteiger partial charge in [0.2, 0.25) is 0 Å². The van der Waals surface area contributed by atoms with E-state index in [0.717, 1.165) is 0 Å². The lowest BCUT2D eigenvalue weighted by atomic mass is 9.74. The van der Waals surface area contributed by atoms with Gasteiger partial charge in [0.15, 0.2) is 0 Å². The molecule has 1 aliphatic rings.